The highest BCUT2D eigenvalue weighted by Crippen LogP contribution is 2.15. The average molecular weight is 235 g/mol. The van der Waals surface area contributed by atoms with Gasteiger partial charge >= 0.3 is 0 Å². The van der Waals surface area contributed by atoms with Crippen molar-refractivity contribution in [3.05, 3.63) is 18.5 Å². The molecule has 3 N–H and O–H groups in total. The van der Waals surface area contributed by atoms with Gasteiger partial charge in [0.2, 0.25) is 0 Å². The summed E-state index contributed by atoms with van der Waals surface area (Å²) in [4.78, 5) is 3.82. The Balaban J connectivity index is 3.01. The van der Waals surface area contributed by atoms with Gasteiger partial charge in [0.1, 0.15) is 0 Å². The summed E-state index contributed by atoms with van der Waals surface area (Å²) in [5, 5.41) is 0. The van der Waals surface area contributed by atoms with Gasteiger partial charge in [0, 0.05) is 6.20 Å². The Kier molecular flexibility index (Phi) is 2.10. The Bertz CT molecular complexity index is 201. The van der Waals surface area contributed by atoms with Crippen LogP contribution in [-0.4, -0.2) is 4.98 Å². The van der Waals surface area contributed by atoms with Crippen molar-refractivity contribution in [2.45, 2.75) is 0 Å². The molecule has 1 heterocycles. The van der Waals surface area contributed by atoms with Crippen LogP contribution >= 0.6 is 22.9 Å². The summed E-state index contributed by atoms with van der Waals surface area (Å²) in [6.45, 7) is 0. The van der Waals surface area contributed by atoms with E-state index in [1.807, 2.05) is 28.9 Å². The molecule has 1 aromatic heterocycles. The molecule has 48 valence electrons. The monoisotopic (exact) mass is 235 g/mol. The lowest BCUT2D eigenvalue weighted by Gasteiger charge is -1.98. The van der Waals surface area contributed by atoms with Crippen molar-refractivity contribution in [1.29, 1.82) is 0 Å². The standard InChI is InChI=1S/C5H6IN3/c6-9-5-1-2-8-3-4(5)7/h1-3H,7H2,(H,8,9). The summed E-state index contributed by atoms with van der Waals surface area (Å²) < 4.78 is 2.90. The highest BCUT2D eigenvalue weighted by molar-refractivity contribution is 14.1. The van der Waals surface area contributed by atoms with Crippen LogP contribution < -0.4 is 9.26 Å². The first kappa shape index (κ1) is 6.60. The molecule has 0 amide bonds. The maximum Gasteiger partial charge on any atom is 0.0743 e. The van der Waals surface area contributed by atoms with E-state index in [0.717, 1.165) is 5.69 Å². The van der Waals surface area contributed by atoms with Gasteiger partial charge in [0.15, 0.2) is 0 Å². The molecule has 1 rings (SSSR count). The number of hydrogen-bond acceptors (Lipinski definition) is 3. The molecule has 0 saturated carbocycles. The van der Waals surface area contributed by atoms with Gasteiger partial charge in [-0.25, -0.2) is 0 Å². The van der Waals surface area contributed by atoms with Crippen LogP contribution in [-0.2, 0) is 0 Å². The third-order valence-corrected chi connectivity index (χ3v) is 1.53. The Morgan fingerprint density at radius 1 is 1.67 bits per heavy atom. The van der Waals surface area contributed by atoms with E-state index in [1.54, 1.807) is 12.4 Å². The first-order valence-corrected chi connectivity index (χ1v) is 3.48. The fourth-order valence-electron chi connectivity index (χ4n) is 0.493. The van der Waals surface area contributed by atoms with Crippen molar-refractivity contribution >= 4 is 34.2 Å². The topological polar surface area (TPSA) is 50.9 Å². The Morgan fingerprint density at radius 2 is 2.44 bits per heavy atom. The molecule has 0 saturated heterocycles. The van der Waals surface area contributed by atoms with Crippen molar-refractivity contribution < 1.29 is 0 Å². The predicted molar refractivity (Wildman–Crippen MR) is 46.3 cm³/mol. The average Bonchev–Trinajstić information content (AvgIpc) is 1.89. The highest BCUT2D eigenvalue weighted by atomic mass is 127. The molecule has 0 fully saturated rings. The number of hydrogen-bond donors (Lipinski definition) is 2. The second-order valence-corrected chi connectivity index (χ2v) is 2.10. The van der Waals surface area contributed by atoms with Gasteiger partial charge in [-0.1, -0.05) is 0 Å². The van der Waals surface area contributed by atoms with Crippen LogP contribution in [0.4, 0.5) is 11.4 Å². The molecule has 1 aromatic rings. The molecular weight excluding hydrogens is 229 g/mol. The molecule has 3 nitrogen and oxygen atoms in total. The number of nitrogens with two attached hydrogens (primary N) is 1. The normalized spacial score (nSPS) is 9.00. The predicted octanol–water partition coefficient (Wildman–Crippen LogP) is 1.43. The summed E-state index contributed by atoms with van der Waals surface area (Å²) >= 11 is 2.02. The van der Waals surface area contributed by atoms with Gasteiger partial charge in [0.25, 0.3) is 0 Å². The zero-order valence-corrected chi connectivity index (χ0v) is 6.79. The first-order valence-electron chi connectivity index (χ1n) is 2.40. The van der Waals surface area contributed by atoms with Gasteiger partial charge in [-0.3, -0.25) is 4.98 Å². The lowest BCUT2D eigenvalue weighted by molar-refractivity contribution is 1.34. The molecule has 0 aliphatic carbocycles. The Labute approximate surface area is 67.2 Å². The van der Waals surface area contributed by atoms with Crippen LogP contribution in [0.1, 0.15) is 0 Å². The second-order valence-electron chi connectivity index (χ2n) is 1.56. The number of pyridine rings is 1. The van der Waals surface area contributed by atoms with Crippen LogP contribution in [0.25, 0.3) is 0 Å². The van der Waals surface area contributed by atoms with Crippen LogP contribution in [0.5, 0.6) is 0 Å². The molecule has 0 unspecified atom stereocenters. The minimum absolute atomic E-state index is 0.673. The maximum absolute atomic E-state index is 5.50. The third-order valence-electron chi connectivity index (χ3n) is 0.954. The highest BCUT2D eigenvalue weighted by Gasteiger charge is 1.91. The van der Waals surface area contributed by atoms with E-state index in [-0.39, 0.29) is 0 Å². The molecule has 0 atom stereocenters. The van der Waals surface area contributed by atoms with E-state index in [1.165, 1.54) is 0 Å². The van der Waals surface area contributed by atoms with E-state index >= 15 is 0 Å². The van der Waals surface area contributed by atoms with Crippen molar-refractivity contribution in [3.8, 4) is 0 Å². The molecule has 0 aromatic carbocycles. The molecule has 0 spiro atoms. The molecule has 0 aliphatic heterocycles. The Morgan fingerprint density at radius 3 is 2.89 bits per heavy atom. The fourth-order valence-corrected chi connectivity index (χ4v) is 0.984. The fraction of sp³-hybridized carbons (Fsp3) is 0. The van der Waals surface area contributed by atoms with Gasteiger partial charge in [0.05, 0.1) is 40.4 Å². The zero-order valence-electron chi connectivity index (χ0n) is 4.63. The summed E-state index contributed by atoms with van der Waals surface area (Å²) in [5.74, 6) is 0. The van der Waals surface area contributed by atoms with E-state index in [9.17, 15) is 0 Å². The Hall–Kier alpha value is -0.520. The summed E-state index contributed by atoms with van der Waals surface area (Å²) in [6, 6.07) is 1.82. The van der Waals surface area contributed by atoms with Crippen molar-refractivity contribution in [2.24, 2.45) is 0 Å². The van der Waals surface area contributed by atoms with Crippen LogP contribution in [0, 0.1) is 0 Å². The quantitative estimate of drug-likeness (QED) is 0.571. The minimum Gasteiger partial charge on any atom is -0.396 e. The van der Waals surface area contributed by atoms with Gasteiger partial charge in [-0.15, -0.1) is 0 Å². The minimum atomic E-state index is 0.673. The smallest absolute Gasteiger partial charge is 0.0743 e. The summed E-state index contributed by atoms with van der Waals surface area (Å²) in [7, 11) is 0. The lowest BCUT2D eigenvalue weighted by atomic mass is 10.4. The SMILES string of the molecule is Nc1cnccc1NI. The van der Waals surface area contributed by atoms with Gasteiger partial charge < -0.3 is 9.26 Å². The van der Waals surface area contributed by atoms with Crippen LogP contribution in [0.3, 0.4) is 0 Å². The zero-order chi connectivity index (χ0) is 6.69. The van der Waals surface area contributed by atoms with Crippen molar-refractivity contribution in [3.63, 3.8) is 0 Å². The van der Waals surface area contributed by atoms with Crippen molar-refractivity contribution in [1.82, 2.24) is 4.98 Å². The number of rotatable bonds is 1. The summed E-state index contributed by atoms with van der Waals surface area (Å²) in [6.07, 6.45) is 3.30. The molecule has 4 heteroatoms. The largest absolute Gasteiger partial charge is 0.396 e. The van der Waals surface area contributed by atoms with E-state index in [4.69, 9.17) is 5.73 Å². The van der Waals surface area contributed by atoms with Gasteiger partial charge in [-0.2, -0.15) is 0 Å². The molecular formula is C5H6IN3. The molecule has 0 aliphatic rings. The maximum atomic E-state index is 5.50. The summed E-state index contributed by atoms with van der Waals surface area (Å²) in [5.41, 5.74) is 7.08. The second kappa shape index (κ2) is 2.86. The van der Waals surface area contributed by atoms with Crippen LogP contribution in [0.15, 0.2) is 18.5 Å². The number of anilines is 2. The van der Waals surface area contributed by atoms with E-state index in [2.05, 4.69) is 8.51 Å². The lowest BCUT2D eigenvalue weighted by Crippen LogP contribution is -1.90. The molecule has 9 heavy (non-hydrogen) atoms. The molecule has 0 bridgehead atoms. The third kappa shape index (κ3) is 1.44. The number of nitrogen functional groups attached to an aromatic ring is 1. The first-order chi connectivity index (χ1) is 4.34. The number of aromatic nitrogens is 1. The molecule has 0 radical (unpaired) electrons. The number of halogens is 1. The number of nitrogens with zero attached hydrogens (tertiary/aromatic N) is 1. The van der Waals surface area contributed by atoms with Gasteiger partial charge in [-0.05, 0) is 6.07 Å². The van der Waals surface area contributed by atoms with Crippen LogP contribution in [0.2, 0.25) is 0 Å². The van der Waals surface area contributed by atoms with Crippen molar-refractivity contribution in [2.75, 3.05) is 9.26 Å². The number of nitrogens with one attached hydrogen (secondary N) is 1. The van der Waals surface area contributed by atoms with E-state index < -0.39 is 0 Å². The van der Waals surface area contributed by atoms with E-state index in [0.29, 0.717) is 5.69 Å².